The summed E-state index contributed by atoms with van der Waals surface area (Å²) in [6, 6.07) is 17.5. The van der Waals surface area contributed by atoms with Gasteiger partial charge in [0, 0.05) is 19.0 Å². The number of carbonyl (C=O) groups excluding carboxylic acids is 1. The fourth-order valence-corrected chi connectivity index (χ4v) is 7.19. The highest BCUT2D eigenvalue weighted by molar-refractivity contribution is 7.89. The molecule has 7 nitrogen and oxygen atoms in total. The van der Waals surface area contributed by atoms with Crippen LogP contribution in [0.1, 0.15) is 25.3 Å². The molecule has 1 fully saturated rings. The third kappa shape index (κ3) is 5.80. The summed E-state index contributed by atoms with van der Waals surface area (Å²) in [5, 5.41) is 0.546. The first-order valence-electron chi connectivity index (χ1n) is 12.6. The van der Waals surface area contributed by atoms with Gasteiger partial charge in [0.25, 0.3) is 0 Å². The van der Waals surface area contributed by atoms with Gasteiger partial charge in [-0.1, -0.05) is 41.7 Å². The average molecular weight is 572 g/mol. The van der Waals surface area contributed by atoms with Crippen molar-refractivity contribution in [2.45, 2.75) is 31.2 Å². The van der Waals surface area contributed by atoms with Crippen LogP contribution in [0, 0.1) is 17.6 Å². The van der Waals surface area contributed by atoms with Gasteiger partial charge in [0.15, 0.2) is 5.13 Å². The summed E-state index contributed by atoms with van der Waals surface area (Å²) in [5.41, 5.74) is 1.68. The predicted octanol–water partition coefficient (Wildman–Crippen LogP) is 5.61. The molecule has 2 heterocycles. The van der Waals surface area contributed by atoms with E-state index in [0.29, 0.717) is 24.3 Å². The summed E-state index contributed by atoms with van der Waals surface area (Å²) in [7, 11) is -4.24. The zero-order valence-electron chi connectivity index (χ0n) is 21.2. The van der Waals surface area contributed by atoms with E-state index in [4.69, 9.17) is 9.72 Å². The summed E-state index contributed by atoms with van der Waals surface area (Å²) in [6.45, 7) is 2.80. The number of benzene rings is 3. The number of piperidine rings is 1. The van der Waals surface area contributed by atoms with E-state index in [2.05, 4.69) is 0 Å². The molecule has 39 heavy (non-hydrogen) atoms. The molecule has 1 aliphatic rings. The van der Waals surface area contributed by atoms with Gasteiger partial charge in [0.2, 0.25) is 15.9 Å². The van der Waals surface area contributed by atoms with Gasteiger partial charge >= 0.3 is 0 Å². The minimum absolute atomic E-state index is 0.0193. The lowest BCUT2D eigenvalue weighted by Crippen LogP contribution is -2.44. The molecule has 0 radical (unpaired) electrons. The van der Waals surface area contributed by atoms with Crippen molar-refractivity contribution in [3.63, 3.8) is 0 Å². The van der Waals surface area contributed by atoms with Crippen LogP contribution in [0.4, 0.5) is 13.9 Å². The number of nitrogens with zero attached hydrogens (tertiary/aromatic N) is 3. The van der Waals surface area contributed by atoms with E-state index in [1.807, 2.05) is 55.5 Å². The molecule has 3 aromatic carbocycles. The zero-order valence-corrected chi connectivity index (χ0v) is 22.9. The van der Waals surface area contributed by atoms with Gasteiger partial charge in [0.05, 0.1) is 23.4 Å². The van der Waals surface area contributed by atoms with E-state index in [1.54, 1.807) is 4.90 Å². The maximum absolute atomic E-state index is 14.2. The van der Waals surface area contributed by atoms with Crippen LogP contribution in [0.2, 0.25) is 0 Å². The molecule has 0 spiro atoms. The Kier molecular flexibility index (Phi) is 7.92. The number of hydrogen-bond acceptors (Lipinski definition) is 6. The number of amides is 1. The van der Waals surface area contributed by atoms with Gasteiger partial charge in [-0.3, -0.25) is 9.69 Å². The highest BCUT2D eigenvalue weighted by Crippen LogP contribution is 2.35. The van der Waals surface area contributed by atoms with E-state index in [1.165, 1.54) is 11.3 Å². The van der Waals surface area contributed by atoms with E-state index in [0.717, 1.165) is 38.0 Å². The summed E-state index contributed by atoms with van der Waals surface area (Å²) in [5.74, 6) is -1.72. The normalized spacial score (nSPS) is 14.9. The number of hydrogen-bond donors (Lipinski definition) is 0. The van der Waals surface area contributed by atoms with Crippen molar-refractivity contribution in [2.75, 3.05) is 24.6 Å². The van der Waals surface area contributed by atoms with Gasteiger partial charge in [-0.2, -0.15) is 4.31 Å². The Hall–Kier alpha value is -3.41. The van der Waals surface area contributed by atoms with Crippen LogP contribution >= 0.6 is 11.3 Å². The highest BCUT2D eigenvalue weighted by Gasteiger charge is 2.36. The first-order valence-corrected chi connectivity index (χ1v) is 14.9. The summed E-state index contributed by atoms with van der Waals surface area (Å²) in [6.07, 6.45) is 0.499. The Bertz CT molecular complexity index is 1590. The second-order valence-corrected chi connectivity index (χ2v) is 12.1. The Morgan fingerprint density at radius 2 is 1.82 bits per heavy atom. The van der Waals surface area contributed by atoms with Crippen molar-refractivity contribution < 1.29 is 26.7 Å². The van der Waals surface area contributed by atoms with Gasteiger partial charge in [-0.15, -0.1) is 0 Å². The SMILES string of the molecule is CCOc1ccc2nc(N(Cc3ccccc3)C(=O)C3CCN(S(=O)(=O)c4cc(F)ccc4F)CC3)sc2c1. The minimum Gasteiger partial charge on any atom is -0.494 e. The third-order valence-electron chi connectivity index (χ3n) is 6.65. The lowest BCUT2D eigenvalue weighted by molar-refractivity contribution is -0.123. The van der Waals surface area contributed by atoms with Crippen molar-refractivity contribution >= 4 is 42.6 Å². The molecule has 0 saturated carbocycles. The molecule has 11 heteroatoms. The number of anilines is 1. The monoisotopic (exact) mass is 571 g/mol. The van der Waals surface area contributed by atoms with Crippen LogP contribution in [0.15, 0.2) is 71.6 Å². The van der Waals surface area contributed by atoms with E-state index < -0.39 is 32.5 Å². The van der Waals surface area contributed by atoms with Gasteiger partial charge < -0.3 is 4.74 Å². The second-order valence-electron chi connectivity index (χ2n) is 9.22. The molecule has 0 atom stereocenters. The standard InChI is InChI=1S/C28H27F2N3O4S2/c1-2-37-22-9-11-24-25(17-22)38-28(31-24)33(18-19-6-4-3-5-7-19)27(34)20-12-14-32(15-13-20)39(35,36)26-16-21(29)8-10-23(26)30/h3-11,16-17,20H,2,12-15,18H2,1H3. The summed E-state index contributed by atoms with van der Waals surface area (Å²) in [4.78, 5) is 19.5. The van der Waals surface area contributed by atoms with Crippen molar-refractivity contribution in [3.05, 3.63) is 83.9 Å². The number of carbonyl (C=O) groups is 1. The Morgan fingerprint density at radius 3 is 2.54 bits per heavy atom. The van der Waals surface area contributed by atoms with Crippen LogP contribution in [0.5, 0.6) is 5.75 Å². The molecule has 0 N–H and O–H groups in total. The number of rotatable bonds is 8. The van der Waals surface area contributed by atoms with Crippen molar-refractivity contribution in [2.24, 2.45) is 5.92 Å². The number of sulfonamides is 1. The molecule has 204 valence electrons. The second kappa shape index (κ2) is 11.4. The third-order valence-corrected chi connectivity index (χ3v) is 9.61. The van der Waals surface area contributed by atoms with Crippen LogP contribution in [0.25, 0.3) is 10.2 Å². The van der Waals surface area contributed by atoms with Crippen molar-refractivity contribution in [1.82, 2.24) is 9.29 Å². The number of fused-ring (bicyclic) bond motifs is 1. The topological polar surface area (TPSA) is 79.8 Å². The molecule has 1 saturated heterocycles. The number of thiazole rings is 1. The quantitative estimate of drug-likeness (QED) is 0.275. The van der Waals surface area contributed by atoms with E-state index in [9.17, 15) is 22.0 Å². The Labute approximate surface area is 229 Å². The Morgan fingerprint density at radius 1 is 1.08 bits per heavy atom. The molecule has 0 bridgehead atoms. The van der Waals surface area contributed by atoms with E-state index >= 15 is 0 Å². The van der Waals surface area contributed by atoms with Gasteiger partial charge in [-0.25, -0.2) is 22.2 Å². The maximum atomic E-state index is 14.2. The summed E-state index contributed by atoms with van der Waals surface area (Å²) < 4.78 is 61.5. The van der Waals surface area contributed by atoms with Crippen LogP contribution in [-0.2, 0) is 21.4 Å². The zero-order chi connectivity index (χ0) is 27.6. The maximum Gasteiger partial charge on any atom is 0.246 e. The number of halogens is 2. The van der Waals surface area contributed by atoms with Crippen molar-refractivity contribution in [1.29, 1.82) is 0 Å². The molecular formula is C28H27F2N3O4S2. The largest absolute Gasteiger partial charge is 0.494 e. The smallest absolute Gasteiger partial charge is 0.246 e. The van der Waals surface area contributed by atoms with Gasteiger partial charge in [-0.05, 0) is 61.7 Å². The fraction of sp³-hybridized carbons (Fsp3) is 0.286. The molecular weight excluding hydrogens is 544 g/mol. The fourth-order valence-electron chi connectivity index (χ4n) is 4.65. The van der Waals surface area contributed by atoms with Crippen LogP contribution in [0.3, 0.4) is 0 Å². The number of ether oxygens (including phenoxy) is 1. The highest BCUT2D eigenvalue weighted by atomic mass is 32.2. The molecule has 1 amide bonds. The Balaban J connectivity index is 1.38. The first kappa shape index (κ1) is 27.2. The molecule has 1 aromatic heterocycles. The van der Waals surface area contributed by atoms with Crippen LogP contribution in [-0.4, -0.2) is 43.3 Å². The molecule has 1 aliphatic heterocycles. The number of aromatic nitrogens is 1. The molecule has 0 aliphatic carbocycles. The van der Waals surface area contributed by atoms with Gasteiger partial charge in [0.1, 0.15) is 22.3 Å². The molecule has 5 rings (SSSR count). The van der Waals surface area contributed by atoms with E-state index in [-0.39, 0.29) is 31.8 Å². The van der Waals surface area contributed by atoms with Crippen LogP contribution < -0.4 is 9.64 Å². The lowest BCUT2D eigenvalue weighted by Gasteiger charge is -2.33. The average Bonchev–Trinajstić information content (AvgIpc) is 3.36. The molecule has 4 aromatic rings. The minimum atomic E-state index is -4.24. The lowest BCUT2D eigenvalue weighted by atomic mass is 9.96. The summed E-state index contributed by atoms with van der Waals surface area (Å²) >= 11 is 1.39. The molecule has 0 unspecified atom stereocenters. The predicted molar refractivity (Wildman–Crippen MR) is 146 cm³/mol. The van der Waals surface area contributed by atoms with Crippen molar-refractivity contribution in [3.8, 4) is 5.75 Å². The first-order chi connectivity index (χ1) is 18.8.